The third-order valence-electron chi connectivity index (χ3n) is 4.75. The normalized spacial score (nSPS) is 11.6. The third kappa shape index (κ3) is 3.78. The maximum absolute atomic E-state index is 5.87. The highest BCUT2D eigenvalue weighted by molar-refractivity contribution is 9.10. The van der Waals surface area contributed by atoms with Gasteiger partial charge < -0.3 is 9.30 Å². The zero-order valence-corrected chi connectivity index (χ0v) is 18.5. The lowest BCUT2D eigenvalue weighted by Crippen LogP contribution is -2.01. The van der Waals surface area contributed by atoms with Crippen LogP contribution in [0.25, 0.3) is 27.5 Å². The third-order valence-corrected chi connectivity index (χ3v) is 5.73. The topological polar surface area (TPSA) is 14.2 Å². The van der Waals surface area contributed by atoms with Crippen molar-refractivity contribution in [3.8, 4) is 11.4 Å². The van der Waals surface area contributed by atoms with Gasteiger partial charge >= 0.3 is 0 Å². The van der Waals surface area contributed by atoms with E-state index in [1.54, 1.807) is 0 Å². The number of hydrogen-bond donors (Lipinski definition) is 0. The number of rotatable bonds is 5. The highest BCUT2D eigenvalue weighted by atomic mass is 79.9. The van der Waals surface area contributed by atoms with Crippen molar-refractivity contribution in [2.24, 2.45) is 5.92 Å². The minimum atomic E-state index is 0.653. The predicted octanol–water partition coefficient (Wildman–Crippen LogP) is 7.73. The summed E-state index contributed by atoms with van der Waals surface area (Å²) < 4.78 is 10.4. The van der Waals surface area contributed by atoms with E-state index in [1.807, 2.05) is 0 Å². The summed E-state index contributed by atoms with van der Waals surface area (Å²) in [6.45, 7) is 5.19. The lowest BCUT2D eigenvalue weighted by atomic mass is 10.1. The quantitative estimate of drug-likeness (QED) is 0.281. The molecule has 0 saturated carbocycles. The number of halogens is 2. The highest BCUT2D eigenvalue weighted by Crippen LogP contribution is 2.35. The van der Waals surface area contributed by atoms with Gasteiger partial charge in [0.2, 0.25) is 0 Å². The average molecular weight is 487 g/mol. The van der Waals surface area contributed by atoms with E-state index in [9.17, 15) is 0 Å². The Morgan fingerprint density at radius 1 is 0.815 bits per heavy atom. The Morgan fingerprint density at radius 2 is 1.37 bits per heavy atom. The van der Waals surface area contributed by atoms with Gasteiger partial charge in [-0.05, 0) is 73.0 Å². The van der Waals surface area contributed by atoms with Crippen molar-refractivity contribution in [2.45, 2.75) is 20.3 Å². The second-order valence-electron chi connectivity index (χ2n) is 7.18. The van der Waals surface area contributed by atoms with Crippen molar-refractivity contribution in [2.75, 3.05) is 6.61 Å². The lowest BCUT2D eigenvalue weighted by molar-refractivity contribution is 0.289. The summed E-state index contributed by atoms with van der Waals surface area (Å²) in [4.78, 5) is 0. The van der Waals surface area contributed by atoms with Crippen LogP contribution in [0.3, 0.4) is 0 Å². The van der Waals surface area contributed by atoms with Crippen molar-refractivity contribution in [3.05, 3.63) is 69.6 Å². The molecule has 0 radical (unpaired) electrons. The van der Waals surface area contributed by atoms with Crippen LogP contribution in [0.15, 0.2) is 69.6 Å². The van der Waals surface area contributed by atoms with E-state index in [0.717, 1.165) is 33.4 Å². The molecule has 0 aliphatic heterocycles. The Labute approximate surface area is 176 Å². The molecule has 27 heavy (non-hydrogen) atoms. The molecule has 0 amide bonds. The van der Waals surface area contributed by atoms with E-state index >= 15 is 0 Å². The van der Waals surface area contributed by atoms with Crippen molar-refractivity contribution >= 4 is 53.7 Å². The van der Waals surface area contributed by atoms with Gasteiger partial charge in [-0.25, -0.2) is 0 Å². The van der Waals surface area contributed by atoms with E-state index in [2.05, 4.69) is 111 Å². The molecule has 3 aromatic carbocycles. The number of aromatic nitrogens is 1. The molecular weight excluding hydrogens is 466 g/mol. The van der Waals surface area contributed by atoms with Crippen LogP contribution in [-0.2, 0) is 0 Å². The summed E-state index contributed by atoms with van der Waals surface area (Å²) in [7, 11) is 0. The molecule has 4 aromatic rings. The van der Waals surface area contributed by atoms with E-state index in [1.165, 1.54) is 21.8 Å². The van der Waals surface area contributed by atoms with Gasteiger partial charge in [-0.3, -0.25) is 0 Å². The largest absolute Gasteiger partial charge is 0.494 e. The van der Waals surface area contributed by atoms with E-state index in [-0.39, 0.29) is 0 Å². The van der Waals surface area contributed by atoms with Crippen LogP contribution >= 0.6 is 31.9 Å². The van der Waals surface area contributed by atoms with Crippen LogP contribution in [0.2, 0.25) is 0 Å². The minimum Gasteiger partial charge on any atom is -0.494 e. The Hall–Kier alpha value is -1.78. The van der Waals surface area contributed by atoms with Gasteiger partial charge in [-0.2, -0.15) is 0 Å². The number of nitrogens with zero attached hydrogens (tertiary/aromatic N) is 1. The first kappa shape index (κ1) is 18.6. The smallest absolute Gasteiger partial charge is 0.119 e. The monoisotopic (exact) mass is 485 g/mol. The Kier molecular flexibility index (Phi) is 5.29. The fourth-order valence-electron chi connectivity index (χ4n) is 3.35. The first-order valence-corrected chi connectivity index (χ1v) is 10.7. The van der Waals surface area contributed by atoms with Crippen molar-refractivity contribution < 1.29 is 4.74 Å². The van der Waals surface area contributed by atoms with Crippen molar-refractivity contribution in [1.82, 2.24) is 4.57 Å². The molecular formula is C23H21Br2NO. The fraction of sp³-hybridized carbons (Fsp3) is 0.217. The summed E-state index contributed by atoms with van der Waals surface area (Å²) in [6, 6.07) is 21.3. The standard InChI is InChI=1S/C23H21Br2NO/c1-15(2)11-12-27-19-7-5-18(6-8-19)26-22-9-3-16(24)13-20(22)21-14-17(25)4-10-23(21)26/h3-10,13-15H,11-12H2,1-2H3. The summed E-state index contributed by atoms with van der Waals surface area (Å²) in [5, 5.41) is 2.47. The molecule has 0 saturated heterocycles. The van der Waals surface area contributed by atoms with Gasteiger partial charge in [0.25, 0.3) is 0 Å². The molecule has 4 heteroatoms. The van der Waals surface area contributed by atoms with Gasteiger partial charge in [0.05, 0.1) is 17.6 Å². The first-order valence-electron chi connectivity index (χ1n) is 9.15. The fourth-order valence-corrected chi connectivity index (χ4v) is 4.07. The molecule has 4 rings (SSSR count). The van der Waals surface area contributed by atoms with Crippen LogP contribution in [0.1, 0.15) is 20.3 Å². The second-order valence-corrected chi connectivity index (χ2v) is 9.01. The Morgan fingerprint density at radius 3 is 1.89 bits per heavy atom. The molecule has 0 atom stereocenters. The van der Waals surface area contributed by atoms with Crippen LogP contribution in [0.4, 0.5) is 0 Å². The minimum absolute atomic E-state index is 0.653. The average Bonchev–Trinajstić information content (AvgIpc) is 2.95. The molecule has 138 valence electrons. The molecule has 0 fully saturated rings. The number of hydrogen-bond acceptors (Lipinski definition) is 1. The number of fused-ring (bicyclic) bond motifs is 3. The van der Waals surface area contributed by atoms with Gasteiger partial charge in [-0.15, -0.1) is 0 Å². The Bertz CT molecular complexity index is 1040. The van der Waals surface area contributed by atoms with Gasteiger partial charge in [-0.1, -0.05) is 45.7 Å². The predicted molar refractivity (Wildman–Crippen MR) is 121 cm³/mol. The van der Waals surface area contributed by atoms with E-state index < -0.39 is 0 Å². The molecule has 0 N–H and O–H groups in total. The summed E-state index contributed by atoms with van der Waals surface area (Å²) in [6.07, 6.45) is 1.07. The molecule has 0 aliphatic rings. The van der Waals surface area contributed by atoms with Crippen molar-refractivity contribution in [3.63, 3.8) is 0 Å². The van der Waals surface area contributed by atoms with Crippen LogP contribution < -0.4 is 4.74 Å². The maximum Gasteiger partial charge on any atom is 0.119 e. The molecule has 0 bridgehead atoms. The van der Waals surface area contributed by atoms with Crippen LogP contribution in [0, 0.1) is 5.92 Å². The van der Waals surface area contributed by atoms with Crippen LogP contribution in [-0.4, -0.2) is 11.2 Å². The van der Waals surface area contributed by atoms with E-state index in [4.69, 9.17) is 4.74 Å². The molecule has 0 aliphatic carbocycles. The zero-order valence-electron chi connectivity index (χ0n) is 15.4. The molecule has 2 nitrogen and oxygen atoms in total. The van der Waals surface area contributed by atoms with Gasteiger partial charge in [0.1, 0.15) is 5.75 Å². The molecule has 1 aromatic heterocycles. The molecule has 0 unspecified atom stereocenters. The maximum atomic E-state index is 5.87. The summed E-state index contributed by atoms with van der Waals surface area (Å²) >= 11 is 7.22. The summed E-state index contributed by atoms with van der Waals surface area (Å²) in [5.41, 5.74) is 3.52. The number of ether oxygens (including phenoxy) is 1. The summed E-state index contributed by atoms with van der Waals surface area (Å²) in [5.74, 6) is 1.58. The van der Waals surface area contributed by atoms with Crippen molar-refractivity contribution in [1.29, 1.82) is 0 Å². The zero-order chi connectivity index (χ0) is 19.0. The first-order chi connectivity index (χ1) is 13.0. The van der Waals surface area contributed by atoms with Gasteiger partial charge in [0, 0.05) is 25.4 Å². The van der Waals surface area contributed by atoms with E-state index in [0.29, 0.717) is 5.92 Å². The van der Waals surface area contributed by atoms with Gasteiger partial charge in [0.15, 0.2) is 0 Å². The molecule has 1 heterocycles. The molecule has 0 spiro atoms. The number of benzene rings is 3. The SMILES string of the molecule is CC(C)CCOc1ccc(-n2c3ccc(Br)cc3c3cc(Br)ccc32)cc1. The van der Waals surface area contributed by atoms with Crippen LogP contribution in [0.5, 0.6) is 5.75 Å². The lowest BCUT2D eigenvalue weighted by Gasteiger charge is -2.11. The second kappa shape index (κ2) is 7.69. The Balaban J connectivity index is 1.78. The highest BCUT2D eigenvalue weighted by Gasteiger charge is 2.13.